The summed E-state index contributed by atoms with van der Waals surface area (Å²) in [6.45, 7) is 4.60. The Balaban J connectivity index is 2.43. The Hall–Kier alpha value is -0.750. The highest BCUT2D eigenvalue weighted by Gasteiger charge is 2.07. The second-order valence-electron chi connectivity index (χ2n) is 3.74. The number of aryl methyl sites for hydroxylation is 1. The van der Waals surface area contributed by atoms with Gasteiger partial charge in [-0.1, -0.05) is 0 Å². The number of rotatable bonds is 5. The molecular weight excluding hydrogens is 212 g/mol. The molecule has 2 unspecified atom stereocenters. The van der Waals surface area contributed by atoms with Crippen LogP contribution in [0.25, 0.3) is 0 Å². The Morgan fingerprint density at radius 3 is 2.67 bits per heavy atom. The molecule has 0 aliphatic rings. The molecule has 1 rings (SSSR count). The van der Waals surface area contributed by atoms with Gasteiger partial charge >= 0.3 is 0 Å². The summed E-state index contributed by atoms with van der Waals surface area (Å²) in [6.07, 6.45) is 1.71. The van der Waals surface area contributed by atoms with E-state index in [2.05, 4.69) is 15.5 Å². The summed E-state index contributed by atoms with van der Waals surface area (Å²) in [5.41, 5.74) is 0. The molecule has 0 aromatic carbocycles. The maximum Gasteiger partial charge on any atom is 0.146 e. The topological polar surface area (TPSA) is 59.8 Å². The molecule has 15 heavy (non-hydrogen) atoms. The first-order chi connectivity index (χ1) is 7.00. The van der Waals surface area contributed by atoms with Crippen molar-refractivity contribution in [2.24, 2.45) is 7.05 Å². The third kappa shape index (κ3) is 3.71. The zero-order valence-electron chi connectivity index (χ0n) is 9.65. The van der Waals surface area contributed by atoms with Crippen molar-refractivity contribution in [2.75, 3.05) is 12.0 Å². The van der Waals surface area contributed by atoms with Gasteiger partial charge in [-0.05, 0) is 13.8 Å². The van der Waals surface area contributed by atoms with Gasteiger partial charge in [0.15, 0.2) is 0 Å². The molecule has 2 atom stereocenters. The quantitative estimate of drug-likeness (QED) is 0.772. The molecule has 86 valence electrons. The maximum absolute atomic E-state index is 11.0. The molecule has 1 heterocycles. The number of hydrogen-bond donors (Lipinski definition) is 1. The van der Waals surface area contributed by atoms with E-state index in [9.17, 15) is 4.21 Å². The number of hydrogen-bond acceptors (Lipinski definition) is 4. The summed E-state index contributed by atoms with van der Waals surface area (Å²) in [6, 6.07) is 0.229. The fourth-order valence-electron chi connectivity index (χ4n) is 1.28. The van der Waals surface area contributed by atoms with E-state index < -0.39 is 10.8 Å². The van der Waals surface area contributed by atoms with Gasteiger partial charge in [0.1, 0.15) is 11.6 Å². The van der Waals surface area contributed by atoms with E-state index in [1.807, 2.05) is 25.5 Å². The third-order valence-electron chi connectivity index (χ3n) is 2.28. The molecule has 0 bridgehead atoms. The van der Waals surface area contributed by atoms with Gasteiger partial charge in [-0.3, -0.25) is 4.21 Å². The minimum Gasteiger partial charge on any atom is -0.317 e. The lowest BCUT2D eigenvalue weighted by atomic mass is 10.4. The van der Waals surface area contributed by atoms with E-state index in [1.165, 1.54) is 0 Å². The first kappa shape index (κ1) is 12.3. The second kappa shape index (κ2) is 5.37. The highest BCUT2D eigenvalue weighted by molar-refractivity contribution is 7.84. The Kier molecular flexibility index (Phi) is 4.41. The van der Waals surface area contributed by atoms with Crippen molar-refractivity contribution in [3.63, 3.8) is 0 Å². The summed E-state index contributed by atoms with van der Waals surface area (Å²) >= 11 is 0. The fraction of sp³-hybridized carbons (Fsp3) is 0.778. The van der Waals surface area contributed by atoms with Crippen molar-refractivity contribution in [1.82, 2.24) is 20.1 Å². The van der Waals surface area contributed by atoms with Crippen molar-refractivity contribution in [2.45, 2.75) is 26.4 Å². The average molecular weight is 230 g/mol. The molecule has 1 N–H and O–H groups in total. The molecule has 5 nitrogen and oxygen atoms in total. The van der Waals surface area contributed by atoms with Crippen LogP contribution in [0.2, 0.25) is 0 Å². The van der Waals surface area contributed by atoms with Gasteiger partial charge in [-0.2, -0.15) is 0 Å². The smallest absolute Gasteiger partial charge is 0.146 e. The Bertz CT molecular complexity index is 350. The summed E-state index contributed by atoms with van der Waals surface area (Å²) < 4.78 is 12.9. The van der Waals surface area contributed by atoms with Crippen LogP contribution < -0.4 is 5.32 Å². The van der Waals surface area contributed by atoms with E-state index in [0.29, 0.717) is 12.3 Å². The van der Waals surface area contributed by atoms with Gasteiger partial charge in [-0.15, -0.1) is 10.2 Å². The molecule has 0 fully saturated rings. The lowest BCUT2D eigenvalue weighted by molar-refractivity contribution is 0.559. The molecule has 0 aliphatic carbocycles. The van der Waals surface area contributed by atoms with Crippen molar-refractivity contribution in [3.05, 3.63) is 11.6 Å². The number of nitrogens with one attached hydrogen (secondary N) is 1. The molecule has 1 aromatic rings. The van der Waals surface area contributed by atoms with Crippen LogP contribution in [0.3, 0.4) is 0 Å². The fourth-order valence-corrected chi connectivity index (χ4v) is 2.10. The van der Waals surface area contributed by atoms with Gasteiger partial charge in [0, 0.05) is 35.9 Å². The van der Waals surface area contributed by atoms with E-state index >= 15 is 0 Å². The van der Waals surface area contributed by atoms with Crippen LogP contribution in [0.5, 0.6) is 0 Å². The highest BCUT2D eigenvalue weighted by atomic mass is 32.2. The average Bonchev–Trinajstić information content (AvgIpc) is 2.44. The van der Waals surface area contributed by atoms with Crippen LogP contribution in [0.4, 0.5) is 0 Å². The SMILES string of the molecule is Cc1nnc(CNC(C)CS(C)=O)n1C. The summed E-state index contributed by atoms with van der Waals surface area (Å²) in [7, 11) is 1.18. The highest BCUT2D eigenvalue weighted by Crippen LogP contribution is 1.97. The van der Waals surface area contributed by atoms with Crippen molar-refractivity contribution in [1.29, 1.82) is 0 Å². The second-order valence-corrected chi connectivity index (χ2v) is 5.22. The zero-order chi connectivity index (χ0) is 11.4. The third-order valence-corrected chi connectivity index (χ3v) is 3.25. The van der Waals surface area contributed by atoms with Crippen molar-refractivity contribution >= 4 is 10.8 Å². The molecule has 0 saturated heterocycles. The van der Waals surface area contributed by atoms with Crippen LogP contribution in [-0.4, -0.2) is 37.0 Å². The van der Waals surface area contributed by atoms with Gasteiger partial charge in [-0.25, -0.2) is 0 Å². The van der Waals surface area contributed by atoms with Crippen molar-refractivity contribution < 1.29 is 4.21 Å². The summed E-state index contributed by atoms with van der Waals surface area (Å²) in [5.74, 6) is 2.47. The number of nitrogens with zero attached hydrogens (tertiary/aromatic N) is 3. The van der Waals surface area contributed by atoms with E-state index in [4.69, 9.17) is 0 Å². The lowest BCUT2D eigenvalue weighted by Gasteiger charge is -2.11. The van der Waals surface area contributed by atoms with E-state index in [0.717, 1.165) is 11.6 Å². The zero-order valence-corrected chi connectivity index (χ0v) is 10.5. The lowest BCUT2D eigenvalue weighted by Crippen LogP contribution is -2.31. The molecule has 0 spiro atoms. The van der Waals surface area contributed by atoms with E-state index in [-0.39, 0.29) is 6.04 Å². The monoisotopic (exact) mass is 230 g/mol. The van der Waals surface area contributed by atoms with Gasteiger partial charge in [0.2, 0.25) is 0 Å². The van der Waals surface area contributed by atoms with Gasteiger partial charge < -0.3 is 9.88 Å². The number of aromatic nitrogens is 3. The van der Waals surface area contributed by atoms with Crippen LogP contribution in [-0.2, 0) is 24.4 Å². The summed E-state index contributed by atoms with van der Waals surface area (Å²) in [4.78, 5) is 0. The standard InChI is InChI=1S/C9H18N4OS/c1-7(6-15(4)14)10-5-9-12-11-8(2)13(9)3/h7,10H,5-6H2,1-4H3. The van der Waals surface area contributed by atoms with Crippen LogP contribution in [0, 0.1) is 6.92 Å². The summed E-state index contributed by atoms with van der Waals surface area (Å²) in [5, 5.41) is 11.3. The van der Waals surface area contributed by atoms with E-state index in [1.54, 1.807) is 6.26 Å². The Morgan fingerprint density at radius 1 is 1.53 bits per heavy atom. The van der Waals surface area contributed by atoms with Gasteiger partial charge in [0.25, 0.3) is 0 Å². The van der Waals surface area contributed by atoms with Gasteiger partial charge in [0.05, 0.1) is 6.54 Å². The minimum atomic E-state index is -0.759. The largest absolute Gasteiger partial charge is 0.317 e. The Morgan fingerprint density at radius 2 is 2.20 bits per heavy atom. The predicted molar refractivity (Wildman–Crippen MR) is 61.0 cm³/mol. The maximum atomic E-state index is 11.0. The van der Waals surface area contributed by atoms with Crippen LogP contribution in [0.1, 0.15) is 18.6 Å². The van der Waals surface area contributed by atoms with Crippen LogP contribution in [0.15, 0.2) is 0 Å². The van der Waals surface area contributed by atoms with Crippen LogP contribution >= 0.6 is 0 Å². The molecule has 0 saturated carbocycles. The first-order valence-electron chi connectivity index (χ1n) is 4.89. The first-order valence-corrected chi connectivity index (χ1v) is 6.61. The van der Waals surface area contributed by atoms with Crippen molar-refractivity contribution in [3.8, 4) is 0 Å². The normalized spacial score (nSPS) is 15.2. The molecule has 0 radical (unpaired) electrons. The molecule has 1 aromatic heterocycles. The molecule has 6 heteroatoms. The predicted octanol–water partition coefficient (Wildman–Crippen LogP) is -0.0199. The molecule has 0 aliphatic heterocycles. The minimum absolute atomic E-state index is 0.229. The molecule has 0 amide bonds. The Labute approximate surface area is 92.7 Å². The molecular formula is C9H18N4OS.